The van der Waals surface area contributed by atoms with Crippen molar-refractivity contribution in [1.82, 2.24) is 9.80 Å². The summed E-state index contributed by atoms with van der Waals surface area (Å²) in [6.07, 6.45) is 1.49. The van der Waals surface area contributed by atoms with Crippen molar-refractivity contribution in [2.45, 2.75) is 55.4 Å². The van der Waals surface area contributed by atoms with Crippen LogP contribution in [-0.2, 0) is 30.4 Å². The van der Waals surface area contributed by atoms with E-state index in [1.165, 1.54) is 4.90 Å². The molecule has 3 aliphatic rings. The van der Waals surface area contributed by atoms with Gasteiger partial charge >= 0.3 is 5.97 Å². The van der Waals surface area contributed by atoms with Gasteiger partial charge in [-0.25, -0.2) is 0 Å². The van der Waals surface area contributed by atoms with Gasteiger partial charge in [0.25, 0.3) is 0 Å². The zero-order chi connectivity index (χ0) is 24.6. The van der Waals surface area contributed by atoms with Crippen LogP contribution in [0.1, 0.15) is 25.8 Å². The molecule has 3 fully saturated rings. The molecule has 8 nitrogen and oxygen atoms in total. The number of hydrogen-bond donors (Lipinski definition) is 1. The highest BCUT2D eigenvalue weighted by atomic mass is 79.9. The number of benzene rings is 1. The molecule has 1 aromatic carbocycles. The van der Waals surface area contributed by atoms with Crippen LogP contribution in [0.4, 0.5) is 0 Å². The van der Waals surface area contributed by atoms with E-state index in [1.54, 1.807) is 24.8 Å². The summed E-state index contributed by atoms with van der Waals surface area (Å²) in [6.45, 7) is 7.70. The summed E-state index contributed by atoms with van der Waals surface area (Å²) in [5.41, 5.74) is -0.235. The molecule has 0 saturated carbocycles. The number of halogens is 1. The molecule has 1 spiro atoms. The van der Waals surface area contributed by atoms with Crippen LogP contribution in [0.2, 0.25) is 0 Å². The van der Waals surface area contributed by atoms with Crippen LogP contribution >= 0.6 is 15.9 Å². The van der Waals surface area contributed by atoms with Gasteiger partial charge in [0.1, 0.15) is 11.6 Å². The number of aliphatic hydroxyl groups is 1. The van der Waals surface area contributed by atoms with Crippen LogP contribution in [0.15, 0.2) is 43.0 Å². The number of ether oxygens (including phenoxy) is 2. The molecule has 0 radical (unpaired) electrons. The predicted octanol–water partition coefficient (Wildman–Crippen LogP) is 1.89. The molecule has 2 bridgehead atoms. The first-order valence-corrected chi connectivity index (χ1v) is 12.6. The number of aliphatic hydroxyl groups excluding tert-OH is 1. The van der Waals surface area contributed by atoms with Crippen LogP contribution in [0, 0.1) is 11.8 Å². The van der Waals surface area contributed by atoms with Crippen LogP contribution in [0.5, 0.6) is 0 Å². The van der Waals surface area contributed by atoms with E-state index in [4.69, 9.17) is 9.47 Å². The number of fused-ring (bicyclic) bond motifs is 1. The Bertz CT molecular complexity index is 958. The zero-order valence-electron chi connectivity index (χ0n) is 19.4. The molecule has 3 saturated heterocycles. The van der Waals surface area contributed by atoms with Crippen molar-refractivity contribution in [3.8, 4) is 0 Å². The third-order valence-corrected chi connectivity index (χ3v) is 7.98. The summed E-state index contributed by atoms with van der Waals surface area (Å²) in [6, 6.07) is 7.98. The first-order valence-electron chi connectivity index (χ1n) is 11.7. The largest absolute Gasteiger partial charge is 0.466 e. The molecule has 4 rings (SSSR count). The SMILES string of the molecule is C=CCN(Cc1ccccc1)C(=O)C1N([C@H](C)CO)C(=O)[C@@H]2[C@H](C(=O)OCC)[C@H]3OC12CC3Br. The van der Waals surface area contributed by atoms with Gasteiger partial charge in [-0.05, 0) is 25.8 Å². The lowest BCUT2D eigenvalue weighted by atomic mass is 9.70. The lowest BCUT2D eigenvalue weighted by Crippen LogP contribution is -2.58. The fraction of sp³-hybridized carbons (Fsp3) is 0.560. The van der Waals surface area contributed by atoms with Crippen molar-refractivity contribution in [2.24, 2.45) is 11.8 Å². The minimum Gasteiger partial charge on any atom is -0.466 e. The summed E-state index contributed by atoms with van der Waals surface area (Å²) in [5.74, 6) is -2.77. The summed E-state index contributed by atoms with van der Waals surface area (Å²) in [5, 5.41) is 9.95. The van der Waals surface area contributed by atoms with Crippen LogP contribution in [-0.4, -0.2) is 81.1 Å². The first-order chi connectivity index (χ1) is 16.3. The minimum atomic E-state index is -1.18. The second-order valence-corrected chi connectivity index (χ2v) is 10.4. The van der Waals surface area contributed by atoms with Gasteiger partial charge in [0.05, 0.1) is 37.2 Å². The third-order valence-electron chi connectivity index (χ3n) is 7.14. The van der Waals surface area contributed by atoms with E-state index in [-0.39, 0.29) is 36.4 Å². The summed E-state index contributed by atoms with van der Waals surface area (Å²) >= 11 is 3.63. The molecule has 1 N–H and O–H groups in total. The second-order valence-electron chi connectivity index (χ2n) is 9.19. The number of likely N-dealkylation sites (tertiary alicyclic amines) is 1. The number of alkyl halides is 1. The Balaban J connectivity index is 1.76. The maximum Gasteiger partial charge on any atom is 0.312 e. The van der Waals surface area contributed by atoms with E-state index in [1.807, 2.05) is 30.3 Å². The molecule has 3 aliphatic heterocycles. The highest BCUT2D eigenvalue weighted by Gasteiger charge is 2.77. The second kappa shape index (κ2) is 9.79. The number of carbonyl (C=O) groups excluding carboxylic acids is 3. The van der Waals surface area contributed by atoms with E-state index in [0.717, 1.165) is 5.56 Å². The van der Waals surface area contributed by atoms with E-state index < -0.39 is 41.6 Å². The fourth-order valence-electron chi connectivity index (χ4n) is 5.78. The van der Waals surface area contributed by atoms with Gasteiger partial charge in [0, 0.05) is 17.9 Å². The van der Waals surface area contributed by atoms with E-state index >= 15 is 0 Å². The van der Waals surface area contributed by atoms with Gasteiger partial charge in [-0.3, -0.25) is 14.4 Å². The molecule has 0 aliphatic carbocycles. The van der Waals surface area contributed by atoms with Crippen LogP contribution in [0.25, 0.3) is 0 Å². The predicted molar refractivity (Wildman–Crippen MR) is 128 cm³/mol. The van der Waals surface area contributed by atoms with E-state index in [2.05, 4.69) is 22.5 Å². The Kier molecular flexibility index (Phi) is 7.17. The Labute approximate surface area is 208 Å². The summed E-state index contributed by atoms with van der Waals surface area (Å²) in [4.78, 5) is 43.7. The Morgan fingerprint density at radius 3 is 2.74 bits per heavy atom. The normalized spacial score (nSPS) is 32.4. The minimum absolute atomic E-state index is 0.187. The molecule has 1 aromatic rings. The fourth-order valence-corrected chi connectivity index (χ4v) is 6.72. The molecule has 9 heteroatoms. The summed E-state index contributed by atoms with van der Waals surface area (Å²) in [7, 11) is 0. The number of esters is 1. The van der Waals surface area contributed by atoms with Crippen molar-refractivity contribution in [3.05, 3.63) is 48.6 Å². The van der Waals surface area contributed by atoms with Gasteiger partial charge < -0.3 is 24.4 Å². The van der Waals surface area contributed by atoms with Gasteiger partial charge in [-0.2, -0.15) is 0 Å². The molecule has 184 valence electrons. The smallest absolute Gasteiger partial charge is 0.312 e. The number of rotatable bonds is 9. The molecule has 2 amide bonds. The van der Waals surface area contributed by atoms with Crippen molar-refractivity contribution in [1.29, 1.82) is 0 Å². The molecule has 34 heavy (non-hydrogen) atoms. The van der Waals surface area contributed by atoms with Crippen LogP contribution < -0.4 is 0 Å². The number of nitrogens with zero attached hydrogens (tertiary/aromatic N) is 2. The maximum atomic E-state index is 14.1. The average molecular weight is 535 g/mol. The maximum absolute atomic E-state index is 14.1. The van der Waals surface area contributed by atoms with Crippen molar-refractivity contribution >= 4 is 33.7 Å². The van der Waals surface area contributed by atoms with E-state index in [0.29, 0.717) is 13.0 Å². The summed E-state index contributed by atoms with van der Waals surface area (Å²) < 4.78 is 11.7. The molecule has 0 aromatic heterocycles. The zero-order valence-corrected chi connectivity index (χ0v) is 21.0. The highest BCUT2D eigenvalue weighted by molar-refractivity contribution is 9.09. The number of carbonyl (C=O) groups is 3. The Morgan fingerprint density at radius 2 is 2.12 bits per heavy atom. The van der Waals surface area contributed by atoms with Crippen molar-refractivity contribution in [2.75, 3.05) is 19.8 Å². The van der Waals surface area contributed by atoms with Crippen molar-refractivity contribution < 1.29 is 29.0 Å². The Morgan fingerprint density at radius 1 is 1.41 bits per heavy atom. The highest BCUT2D eigenvalue weighted by Crippen LogP contribution is 2.60. The standard InChI is InChI=1S/C25H31BrN2O6/c1-4-11-27(13-16-9-7-6-8-10-16)23(31)21-25-12-17(26)20(34-25)18(24(32)33-5-2)19(25)22(30)28(21)15(3)14-29/h4,6-10,15,17-21,29H,1,5,11-14H2,2-3H3/t15-,17?,18+,19+,20+,21?,25?/m1/s1. The quantitative estimate of drug-likeness (QED) is 0.295. The van der Waals surface area contributed by atoms with Gasteiger partial charge in [0.15, 0.2) is 0 Å². The molecule has 3 unspecified atom stereocenters. The van der Waals surface area contributed by atoms with Gasteiger partial charge in [-0.1, -0.05) is 52.3 Å². The average Bonchev–Trinajstić information content (AvgIpc) is 3.42. The number of hydrogen-bond acceptors (Lipinski definition) is 6. The molecular weight excluding hydrogens is 504 g/mol. The molecular formula is C25H31BrN2O6. The third kappa shape index (κ3) is 3.87. The Hall–Kier alpha value is -2.23. The topological polar surface area (TPSA) is 96.4 Å². The van der Waals surface area contributed by atoms with Gasteiger partial charge in [-0.15, -0.1) is 6.58 Å². The van der Waals surface area contributed by atoms with Crippen molar-refractivity contribution in [3.63, 3.8) is 0 Å². The monoisotopic (exact) mass is 534 g/mol. The molecule has 7 atom stereocenters. The lowest BCUT2D eigenvalue weighted by Gasteiger charge is -2.38. The van der Waals surface area contributed by atoms with E-state index in [9.17, 15) is 19.5 Å². The van der Waals surface area contributed by atoms with Crippen LogP contribution in [0.3, 0.4) is 0 Å². The molecule has 3 heterocycles. The van der Waals surface area contributed by atoms with Gasteiger partial charge in [0.2, 0.25) is 11.8 Å². The number of amides is 2. The lowest BCUT2D eigenvalue weighted by molar-refractivity contribution is -0.156. The first kappa shape index (κ1) is 24.9.